The van der Waals surface area contributed by atoms with Crippen molar-refractivity contribution in [1.82, 2.24) is 19.5 Å². The van der Waals surface area contributed by atoms with Crippen LogP contribution in [0.3, 0.4) is 0 Å². The minimum absolute atomic E-state index is 0.502. The molecule has 0 spiro atoms. The van der Waals surface area contributed by atoms with Crippen molar-refractivity contribution in [3.8, 4) is 0 Å². The van der Waals surface area contributed by atoms with Gasteiger partial charge in [0.1, 0.15) is 0 Å². The van der Waals surface area contributed by atoms with Crippen molar-refractivity contribution in [2.45, 2.75) is 6.92 Å². The highest BCUT2D eigenvalue weighted by Gasteiger charge is 2.07. The second kappa shape index (κ2) is 2.91. The molecule has 16 heavy (non-hydrogen) atoms. The van der Waals surface area contributed by atoms with Crippen LogP contribution in [0, 0.1) is 6.92 Å². The Morgan fingerprint density at radius 2 is 1.94 bits per heavy atom. The van der Waals surface area contributed by atoms with E-state index < -0.39 is 0 Å². The molecule has 5 nitrogen and oxygen atoms in total. The molecule has 0 fully saturated rings. The van der Waals surface area contributed by atoms with Gasteiger partial charge in [-0.15, -0.1) is 0 Å². The maximum atomic E-state index is 5.76. The lowest BCUT2D eigenvalue weighted by molar-refractivity contribution is 0.965. The van der Waals surface area contributed by atoms with Crippen molar-refractivity contribution in [1.29, 1.82) is 0 Å². The molecule has 1 aromatic carbocycles. The third-order valence-electron chi connectivity index (χ3n) is 2.70. The van der Waals surface area contributed by atoms with Crippen LogP contribution in [0.4, 0.5) is 5.95 Å². The van der Waals surface area contributed by atoms with Gasteiger partial charge in [0.15, 0.2) is 0 Å². The lowest BCUT2D eigenvalue weighted by atomic mass is 10.2. The summed E-state index contributed by atoms with van der Waals surface area (Å²) in [5, 5.41) is 0. The van der Waals surface area contributed by atoms with Crippen molar-refractivity contribution < 1.29 is 0 Å². The molecule has 3 rings (SSSR count). The van der Waals surface area contributed by atoms with Crippen LogP contribution in [-0.2, 0) is 7.05 Å². The summed E-state index contributed by atoms with van der Waals surface area (Å²) in [7, 11) is 1.89. The number of hydrogen-bond acceptors (Lipinski definition) is 4. The number of fused-ring (bicyclic) bond motifs is 2. The zero-order chi connectivity index (χ0) is 11.3. The van der Waals surface area contributed by atoms with E-state index in [1.54, 1.807) is 6.20 Å². The normalized spacial score (nSPS) is 11.4. The number of hydrogen-bond donors (Lipinski definition) is 1. The first-order valence-corrected chi connectivity index (χ1v) is 5.00. The Labute approximate surface area is 91.9 Å². The number of aryl methyl sites for hydroxylation is 2. The van der Waals surface area contributed by atoms with Gasteiger partial charge in [0.2, 0.25) is 5.95 Å². The van der Waals surface area contributed by atoms with Gasteiger partial charge in [0.25, 0.3) is 0 Å². The first-order valence-electron chi connectivity index (χ1n) is 5.00. The number of rotatable bonds is 0. The predicted octanol–water partition coefficient (Wildman–Crippen LogP) is 1.41. The van der Waals surface area contributed by atoms with E-state index in [1.165, 1.54) is 0 Å². The van der Waals surface area contributed by atoms with E-state index in [4.69, 9.17) is 5.73 Å². The summed E-state index contributed by atoms with van der Waals surface area (Å²) in [6.45, 7) is 1.92. The van der Waals surface area contributed by atoms with Crippen LogP contribution in [0.15, 0.2) is 18.3 Å². The Bertz CT molecular complexity index is 698. The average Bonchev–Trinajstić information content (AvgIpc) is 2.52. The van der Waals surface area contributed by atoms with Crippen molar-refractivity contribution in [2.75, 3.05) is 5.73 Å². The quantitative estimate of drug-likeness (QED) is 0.613. The maximum absolute atomic E-state index is 5.76. The topological polar surface area (TPSA) is 69.6 Å². The van der Waals surface area contributed by atoms with Gasteiger partial charge >= 0.3 is 0 Å². The van der Waals surface area contributed by atoms with E-state index in [2.05, 4.69) is 15.0 Å². The van der Waals surface area contributed by atoms with Crippen molar-refractivity contribution in [3.05, 3.63) is 24.0 Å². The van der Waals surface area contributed by atoms with Crippen molar-refractivity contribution in [2.24, 2.45) is 7.05 Å². The minimum Gasteiger partial charge on any atom is -0.369 e. The molecule has 2 aromatic heterocycles. The molecule has 80 valence electrons. The summed E-state index contributed by atoms with van der Waals surface area (Å²) in [4.78, 5) is 13.0. The van der Waals surface area contributed by atoms with E-state index in [9.17, 15) is 0 Å². The molecule has 0 bridgehead atoms. The molecule has 0 aliphatic carbocycles. The number of imidazole rings is 1. The molecule has 0 aliphatic rings. The van der Waals surface area contributed by atoms with E-state index in [0.717, 1.165) is 27.8 Å². The monoisotopic (exact) mass is 213 g/mol. The molecule has 0 saturated heterocycles. The van der Waals surface area contributed by atoms with Gasteiger partial charge in [0, 0.05) is 13.2 Å². The summed E-state index contributed by atoms with van der Waals surface area (Å²) >= 11 is 0. The molecule has 0 saturated carbocycles. The molecule has 3 aromatic rings. The third-order valence-corrected chi connectivity index (χ3v) is 2.70. The summed E-state index contributed by atoms with van der Waals surface area (Å²) in [6.07, 6.45) is 1.75. The highest BCUT2D eigenvalue weighted by atomic mass is 15.1. The molecule has 0 amide bonds. The summed E-state index contributed by atoms with van der Waals surface area (Å²) < 4.78 is 1.85. The largest absolute Gasteiger partial charge is 0.369 e. The maximum Gasteiger partial charge on any atom is 0.200 e. The minimum atomic E-state index is 0.502. The summed E-state index contributed by atoms with van der Waals surface area (Å²) in [5.41, 5.74) is 10.2. The van der Waals surface area contributed by atoms with Gasteiger partial charge in [-0.05, 0) is 19.1 Å². The van der Waals surface area contributed by atoms with Crippen LogP contribution in [0.2, 0.25) is 0 Å². The molecular formula is C11H11N5. The van der Waals surface area contributed by atoms with Gasteiger partial charge in [-0.3, -0.25) is 4.98 Å². The van der Waals surface area contributed by atoms with Gasteiger partial charge < -0.3 is 10.3 Å². The van der Waals surface area contributed by atoms with Gasteiger partial charge in [-0.25, -0.2) is 9.97 Å². The Hall–Kier alpha value is -2.17. The smallest absolute Gasteiger partial charge is 0.200 e. The highest BCUT2D eigenvalue weighted by molar-refractivity contribution is 5.92. The number of aromatic nitrogens is 4. The molecule has 0 radical (unpaired) electrons. The van der Waals surface area contributed by atoms with Crippen LogP contribution in [0.25, 0.3) is 22.1 Å². The van der Waals surface area contributed by atoms with Crippen molar-refractivity contribution >= 4 is 28.0 Å². The molecule has 2 heterocycles. The molecule has 2 N–H and O–H groups in total. The average molecular weight is 213 g/mol. The van der Waals surface area contributed by atoms with E-state index in [0.29, 0.717) is 5.95 Å². The molecule has 5 heteroatoms. The molecule has 0 unspecified atom stereocenters. The van der Waals surface area contributed by atoms with E-state index in [-0.39, 0.29) is 0 Å². The van der Waals surface area contributed by atoms with Crippen LogP contribution in [0.1, 0.15) is 5.69 Å². The first kappa shape index (κ1) is 9.08. The number of benzene rings is 1. The zero-order valence-electron chi connectivity index (χ0n) is 9.10. The summed E-state index contributed by atoms with van der Waals surface area (Å²) in [6, 6.07) is 3.88. The number of nitrogen functional groups attached to an aromatic ring is 1. The first-order chi connectivity index (χ1) is 7.65. The number of anilines is 1. The Balaban J connectivity index is 2.49. The second-order valence-electron chi connectivity index (χ2n) is 3.87. The Morgan fingerprint density at radius 1 is 1.12 bits per heavy atom. The van der Waals surface area contributed by atoms with Crippen LogP contribution in [-0.4, -0.2) is 19.5 Å². The summed E-state index contributed by atoms with van der Waals surface area (Å²) in [5.74, 6) is 0.502. The fourth-order valence-electron chi connectivity index (χ4n) is 1.81. The fraction of sp³-hybridized carbons (Fsp3) is 0.182. The van der Waals surface area contributed by atoms with E-state index in [1.807, 2.05) is 30.7 Å². The second-order valence-corrected chi connectivity index (χ2v) is 3.87. The predicted molar refractivity (Wildman–Crippen MR) is 63.0 cm³/mol. The fourth-order valence-corrected chi connectivity index (χ4v) is 1.81. The van der Waals surface area contributed by atoms with Crippen molar-refractivity contribution in [3.63, 3.8) is 0 Å². The van der Waals surface area contributed by atoms with Crippen LogP contribution >= 0.6 is 0 Å². The lowest BCUT2D eigenvalue weighted by Crippen LogP contribution is -1.96. The van der Waals surface area contributed by atoms with E-state index >= 15 is 0 Å². The highest BCUT2D eigenvalue weighted by Crippen LogP contribution is 2.21. The molecule has 0 atom stereocenters. The molecular weight excluding hydrogens is 202 g/mol. The number of nitrogens with zero attached hydrogens (tertiary/aromatic N) is 4. The molecule has 0 aliphatic heterocycles. The third kappa shape index (κ3) is 1.14. The van der Waals surface area contributed by atoms with Crippen LogP contribution in [0.5, 0.6) is 0 Å². The Kier molecular flexibility index (Phi) is 1.65. The van der Waals surface area contributed by atoms with Crippen LogP contribution < -0.4 is 5.73 Å². The zero-order valence-corrected chi connectivity index (χ0v) is 9.10. The van der Waals surface area contributed by atoms with Gasteiger partial charge in [0.05, 0.1) is 27.8 Å². The SMILES string of the molecule is Cc1cnc2cc3nc(N)n(C)c3cc2n1. The lowest BCUT2D eigenvalue weighted by Gasteiger charge is -1.99. The van der Waals surface area contributed by atoms with Gasteiger partial charge in [-0.1, -0.05) is 0 Å². The number of nitrogens with two attached hydrogens (primary N) is 1. The Morgan fingerprint density at radius 3 is 2.75 bits per heavy atom. The van der Waals surface area contributed by atoms with Gasteiger partial charge in [-0.2, -0.15) is 0 Å². The standard InChI is InChI=1S/C11H11N5/c1-6-5-13-7-3-9-10(4-8(7)14-6)16(2)11(12)15-9/h3-5H,1-2H3,(H2,12,15).